The molecule has 3 nitrogen and oxygen atoms in total. The van der Waals surface area contributed by atoms with Gasteiger partial charge in [-0.2, -0.15) is 5.26 Å². The highest BCUT2D eigenvalue weighted by molar-refractivity contribution is 5.49. The van der Waals surface area contributed by atoms with Gasteiger partial charge in [-0.15, -0.1) is 0 Å². The van der Waals surface area contributed by atoms with Gasteiger partial charge in [0.25, 0.3) is 0 Å². The highest BCUT2D eigenvalue weighted by Crippen LogP contribution is 2.23. The lowest BCUT2D eigenvalue weighted by atomic mass is 10.1. The van der Waals surface area contributed by atoms with Crippen molar-refractivity contribution in [1.82, 2.24) is 5.32 Å². The SMILES string of the molecule is CCCNC(C)c1ccc(N(CC)CCC#N)c(F)c1. The van der Waals surface area contributed by atoms with E-state index in [2.05, 4.69) is 18.3 Å². The van der Waals surface area contributed by atoms with Crippen LogP contribution in [0.25, 0.3) is 0 Å². The first kappa shape index (κ1) is 16.5. The number of benzene rings is 1. The van der Waals surface area contributed by atoms with Crippen LogP contribution in [0.1, 0.15) is 45.2 Å². The van der Waals surface area contributed by atoms with Crippen LogP contribution in [0.2, 0.25) is 0 Å². The molecule has 0 heterocycles. The Morgan fingerprint density at radius 1 is 1.40 bits per heavy atom. The van der Waals surface area contributed by atoms with Gasteiger partial charge in [0.05, 0.1) is 18.2 Å². The van der Waals surface area contributed by atoms with Gasteiger partial charge >= 0.3 is 0 Å². The Labute approximate surface area is 121 Å². The maximum atomic E-state index is 14.2. The summed E-state index contributed by atoms with van der Waals surface area (Å²) in [4.78, 5) is 1.90. The fourth-order valence-electron chi connectivity index (χ4n) is 2.16. The lowest BCUT2D eigenvalue weighted by Crippen LogP contribution is -2.25. The van der Waals surface area contributed by atoms with Gasteiger partial charge in [-0.05, 0) is 44.5 Å². The van der Waals surface area contributed by atoms with Crippen LogP contribution in [-0.2, 0) is 0 Å². The third-order valence-corrected chi connectivity index (χ3v) is 3.39. The number of halogens is 1. The number of rotatable bonds is 8. The lowest BCUT2D eigenvalue weighted by molar-refractivity contribution is 0.561. The molecule has 20 heavy (non-hydrogen) atoms. The molecule has 1 N–H and O–H groups in total. The number of hydrogen-bond donors (Lipinski definition) is 1. The Morgan fingerprint density at radius 2 is 2.15 bits per heavy atom. The summed E-state index contributed by atoms with van der Waals surface area (Å²) in [6, 6.07) is 7.62. The molecule has 0 saturated carbocycles. The van der Waals surface area contributed by atoms with Crippen LogP contribution in [0.5, 0.6) is 0 Å². The quantitative estimate of drug-likeness (QED) is 0.788. The first-order chi connectivity index (χ1) is 9.63. The van der Waals surface area contributed by atoms with Gasteiger partial charge in [0.15, 0.2) is 0 Å². The third kappa shape index (κ3) is 4.50. The predicted molar refractivity (Wildman–Crippen MR) is 81.2 cm³/mol. The zero-order valence-corrected chi connectivity index (χ0v) is 12.6. The van der Waals surface area contributed by atoms with E-state index in [0.717, 1.165) is 18.5 Å². The van der Waals surface area contributed by atoms with Gasteiger partial charge in [0, 0.05) is 19.1 Å². The van der Waals surface area contributed by atoms with Crippen molar-refractivity contribution in [2.45, 2.75) is 39.7 Å². The van der Waals surface area contributed by atoms with Crippen molar-refractivity contribution in [1.29, 1.82) is 5.26 Å². The number of nitrogens with one attached hydrogen (secondary N) is 1. The second kappa shape index (κ2) is 8.55. The average molecular weight is 277 g/mol. The highest BCUT2D eigenvalue weighted by Gasteiger charge is 2.12. The molecule has 0 spiro atoms. The Kier molecular flexibility index (Phi) is 7.03. The van der Waals surface area contributed by atoms with E-state index < -0.39 is 0 Å². The Balaban J connectivity index is 2.83. The highest BCUT2D eigenvalue weighted by atomic mass is 19.1. The van der Waals surface area contributed by atoms with Crippen LogP contribution in [0, 0.1) is 17.1 Å². The molecule has 0 aromatic heterocycles. The molecule has 0 radical (unpaired) electrons. The maximum Gasteiger partial charge on any atom is 0.146 e. The summed E-state index contributed by atoms with van der Waals surface area (Å²) in [6.07, 6.45) is 1.46. The van der Waals surface area contributed by atoms with Gasteiger partial charge in [-0.25, -0.2) is 4.39 Å². The fourth-order valence-corrected chi connectivity index (χ4v) is 2.16. The van der Waals surface area contributed by atoms with E-state index >= 15 is 0 Å². The summed E-state index contributed by atoms with van der Waals surface area (Å²) in [7, 11) is 0. The summed E-state index contributed by atoms with van der Waals surface area (Å²) in [5.74, 6) is -0.215. The number of anilines is 1. The molecule has 0 aliphatic carbocycles. The normalized spacial score (nSPS) is 11.9. The Morgan fingerprint density at radius 3 is 2.70 bits per heavy atom. The van der Waals surface area contributed by atoms with E-state index in [0.29, 0.717) is 25.2 Å². The topological polar surface area (TPSA) is 39.1 Å². The van der Waals surface area contributed by atoms with E-state index in [1.54, 1.807) is 6.07 Å². The molecular weight excluding hydrogens is 253 g/mol. The first-order valence-electron chi connectivity index (χ1n) is 7.28. The zero-order valence-electron chi connectivity index (χ0n) is 12.6. The van der Waals surface area contributed by atoms with Crippen molar-refractivity contribution in [2.75, 3.05) is 24.5 Å². The molecule has 1 atom stereocenters. The molecule has 4 heteroatoms. The van der Waals surface area contributed by atoms with E-state index in [1.165, 1.54) is 0 Å². The van der Waals surface area contributed by atoms with Crippen LogP contribution >= 0.6 is 0 Å². The zero-order chi connectivity index (χ0) is 15.0. The minimum atomic E-state index is -0.215. The third-order valence-electron chi connectivity index (χ3n) is 3.39. The van der Waals surface area contributed by atoms with Crippen LogP contribution < -0.4 is 10.2 Å². The molecule has 0 saturated heterocycles. The number of nitriles is 1. The molecule has 1 unspecified atom stereocenters. The van der Waals surface area contributed by atoms with Crippen molar-refractivity contribution in [3.8, 4) is 6.07 Å². The van der Waals surface area contributed by atoms with Crippen LogP contribution in [0.3, 0.4) is 0 Å². The fraction of sp³-hybridized carbons (Fsp3) is 0.562. The second-order valence-electron chi connectivity index (χ2n) is 4.87. The van der Waals surface area contributed by atoms with Crippen molar-refractivity contribution in [3.05, 3.63) is 29.6 Å². The standard InChI is InChI=1S/C16H24FN3/c1-4-10-19-13(3)14-7-8-16(15(17)12-14)20(5-2)11-6-9-18/h7-8,12-13,19H,4-6,10-11H2,1-3H3. The maximum absolute atomic E-state index is 14.2. The van der Waals surface area contributed by atoms with Crippen LogP contribution in [0.4, 0.5) is 10.1 Å². The van der Waals surface area contributed by atoms with Crippen LogP contribution in [-0.4, -0.2) is 19.6 Å². The molecule has 1 aromatic rings. The largest absolute Gasteiger partial charge is 0.368 e. The molecule has 1 aromatic carbocycles. The summed E-state index contributed by atoms with van der Waals surface area (Å²) < 4.78 is 14.2. The average Bonchev–Trinajstić information content (AvgIpc) is 2.46. The van der Waals surface area contributed by atoms with Gasteiger partial charge in [-0.3, -0.25) is 0 Å². The van der Waals surface area contributed by atoms with Crippen molar-refractivity contribution in [2.24, 2.45) is 0 Å². The minimum absolute atomic E-state index is 0.146. The molecule has 0 bridgehead atoms. The Hall–Kier alpha value is -1.60. The summed E-state index contributed by atoms with van der Waals surface area (Å²) in [5.41, 5.74) is 1.53. The van der Waals surface area contributed by atoms with Gasteiger partial charge in [0.2, 0.25) is 0 Å². The van der Waals surface area contributed by atoms with Gasteiger partial charge in [0.1, 0.15) is 5.82 Å². The molecule has 0 aliphatic rings. The summed E-state index contributed by atoms with van der Waals surface area (Å²) in [6.45, 7) is 8.30. The Bertz CT molecular complexity index is 454. The summed E-state index contributed by atoms with van der Waals surface area (Å²) in [5, 5.41) is 12.0. The smallest absolute Gasteiger partial charge is 0.146 e. The minimum Gasteiger partial charge on any atom is -0.368 e. The van der Waals surface area contributed by atoms with Gasteiger partial charge < -0.3 is 10.2 Å². The van der Waals surface area contributed by atoms with E-state index in [9.17, 15) is 4.39 Å². The second-order valence-corrected chi connectivity index (χ2v) is 4.87. The first-order valence-corrected chi connectivity index (χ1v) is 7.28. The van der Waals surface area contributed by atoms with E-state index in [1.807, 2.05) is 30.9 Å². The number of hydrogen-bond acceptors (Lipinski definition) is 3. The van der Waals surface area contributed by atoms with E-state index in [-0.39, 0.29) is 11.9 Å². The number of nitrogens with zero attached hydrogens (tertiary/aromatic N) is 2. The van der Waals surface area contributed by atoms with Crippen molar-refractivity contribution < 1.29 is 4.39 Å². The molecule has 110 valence electrons. The molecule has 0 aliphatic heterocycles. The van der Waals surface area contributed by atoms with Crippen LogP contribution in [0.15, 0.2) is 18.2 Å². The molecule has 0 fully saturated rings. The monoisotopic (exact) mass is 277 g/mol. The predicted octanol–water partition coefficient (Wildman–Crippen LogP) is 3.63. The lowest BCUT2D eigenvalue weighted by Gasteiger charge is -2.23. The van der Waals surface area contributed by atoms with E-state index in [4.69, 9.17) is 5.26 Å². The molecule has 1 rings (SSSR count). The van der Waals surface area contributed by atoms with Crippen molar-refractivity contribution >= 4 is 5.69 Å². The van der Waals surface area contributed by atoms with Gasteiger partial charge in [-0.1, -0.05) is 13.0 Å². The molecular formula is C16H24FN3. The molecule has 0 amide bonds. The summed E-state index contributed by atoms with van der Waals surface area (Å²) >= 11 is 0. The van der Waals surface area contributed by atoms with Crippen molar-refractivity contribution in [3.63, 3.8) is 0 Å².